The van der Waals surface area contributed by atoms with Crippen LogP contribution in [0.1, 0.15) is 18.0 Å². The molecule has 1 aliphatic heterocycles. The van der Waals surface area contributed by atoms with Crippen LogP contribution in [-0.2, 0) is 0 Å². The number of benzene rings is 1. The molecule has 0 spiro atoms. The molecule has 1 saturated heterocycles. The summed E-state index contributed by atoms with van der Waals surface area (Å²) < 4.78 is 6.55. The molecule has 0 amide bonds. The molecule has 94 valence electrons. The maximum atomic E-state index is 5.87. The first-order valence-corrected chi connectivity index (χ1v) is 6.70. The Balaban J connectivity index is 2.40. The van der Waals surface area contributed by atoms with E-state index in [-0.39, 0.29) is 0 Å². The minimum atomic E-state index is 0.368. The lowest BCUT2D eigenvalue weighted by molar-refractivity contribution is 0.270. The third-order valence-corrected chi connectivity index (χ3v) is 4.08. The number of nitrogens with zero attached hydrogens (tertiary/aromatic N) is 1. The Morgan fingerprint density at radius 1 is 1.53 bits per heavy atom. The molecule has 17 heavy (non-hydrogen) atoms. The molecule has 0 aliphatic carbocycles. The van der Waals surface area contributed by atoms with Gasteiger partial charge in [0, 0.05) is 16.1 Å². The van der Waals surface area contributed by atoms with Crippen molar-refractivity contribution in [1.29, 1.82) is 0 Å². The van der Waals surface area contributed by atoms with E-state index in [1.165, 1.54) is 5.56 Å². The van der Waals surface area contributed by atoms with Crippen LogP contribution in [0.3, 0.4) is 0 Å². The Labute approximate surface area is 111 Å². The molecule has 0 radical (unpaired) electrons. The zero-order valence-corrected chi connectivity index (χ0v) is 11.9. The zero-order valence-electron chi connectivity index (χ0n) is 10.3. The summed E-state index contributed by atoms with van der Waals surface area (Å²) in [5.41, 5.74) is 7.11. The van der Waals surface area contributed by atoms with Crippen molar-refractivity contribution in [2.24, 2.45) is 11.7 Å². The second-order valence-corrected chi connectivity index (χ2v) is 5.51. The highest BCUT2D eigenvalue weighted by molar-refractivity contribution is 9.10. The van der Waals surface area contributed by atoms with Crippen molar-refractivity contribution in [3.05, 3.63) is 28.2 Å². The SMILES string of the molecule is COc1ccc(Br)cc1C1C(CN)CCN1C. The fraction of sp³-hybridized carbons (Fsp3) is 0.538. The fourth-order valence-corrected chi connectivity index (χ4v) is 3.08. The van der Waals surface area contributed by atoms with Gasteiger partial charge in [0.2, 0.25) is 0 Å². The van der Waals surface area contributed by atoms with Gasteiger partial charge in [-0.3, -0.25) is 4.90 Å². The molecule has 1 aromatic carbocycles. The highest BCUT2D eigenvalue weighted by Crippen LogP contribution is 2.40. The van der Waals surface area contributed by atoms with Crippen molar-refractivity contribution in [1.82, 2.24) is 4.90 Å². The van der Waals surface area contributed by atoms with E-state index in [9.17, 15) is 0 Å². The second-order valence-electron chi connectivity index (χ2n) is 4.60. The van der Waals surface area contributed by atoms with E-state index < -0.39 is 0 Å². The Morgan fingerprint density at radius 3 is 2.94 bits per heavy atom. The average Bonchev–Trinajstić information content (AvgIpc) is 2.70. The maximum absolute atomic E-state index is 5.87. The van der Waals surface area contributed by atoms with Crippen LogP contribution in [-0.4, -0.2) is 32.1 Å². The number of halogens is 1. The first-order valence-electron chi connectivity index (χ1n) is 5.91. The average molecular weight is 299 g/mol. The monoisotopic (exact) mass is 298 g/mol. The second kappa shape index (κ2) is 5.38. The quantitative estimate of drug-likeness (QED) is 0.931. The molecule has 2 N–H and O–H groups in total. The van der Waals surface area contributed by atoms with Gasteiger partial charge in [-0.2, -0.15) is 0 Å². The molecular formula is C13H19BrN2O. The van der Waals surface area contributed by atoms with Crippen LogP contribution >= 0.6 is 15.9 Å². The van der Waals surface area contributed by atoms with Gasteiger partial charge < -0.3 is 10.5 Å². The third kappa shape index (κ3) is 2.49. The van der Waals surface area contributed by atoms with Crippen molar-refractivity contribution in [2.75, 3.05) is 27.2 Å². The summed E-state index contributed by atoms with van der Waals surface area (Å²) in [4.78, 5) is 2.36. The zero-order chi connectivity index (χ0) is 12.4. The summed E-state index contributed by atoms with van der Waals surface area (Å²) >= 11 is 3.53. The smallest absolute Gasteiger partial charge is 0.123 e. The molecule has 4 heteroatoms. The van der Waals surface area contributed by atoms with Crippen molar-refractivity contribution < 1.29 is 4.74 Å². The molecule has 0 aromatic heterocycles. The van der Waals surface area contributed by atoms with Gasteiger partial charge in [0.15, 0.2) is 0 Å². The Kier molecular flexibility index (Phi) is 4.07. The van der Waals surface area contributed by atoms with Gasteiger partial charge in [-0.1, -0.05) is 15.9 Å². The van der Waals surface area contributed by atoms with E-state index in [2.05, 4.69) is 33.9 Å². The first kappa shape index (κ1) is 12.9. The Morgan fingerprint density at radius 2 is 2.29 bits per heavy atom. The predicted molar refractivity (Wildman–Crippen MR) is 73.2 cm³/mol. The summed E-state index contributed by atoms with van der Waals surface area (Å²) in [5, 5.41) is 0. The van der Waals surface area contributed by atoms with E-state index in [0.717, 1.165) is 29.7 Å². The van der Waals surface area contributed by atoms with E-state index in [1.807, 2.05) is 12.1 Å². The summed E-state index contributed by atoms with van der Waals surface area (Å²) in [7, 11) is 3.87. The van der Waals surface area contributed by atoms with Crippen LogP contribution in [0.5, 0.6) is 5.75 Å². The number of hydrogen-bond donors (Lipinski definition) is 1. The summed E-state index contributed by atoms with van der Waals surface area (Å²) in [6, 6.07) is 6.54. The normalized spacial score (nSPS) is 25.2. The molecule has 2 atom stereocenters. The molecule has 2 rings (SSSR count). The van der Waals surface area contributed by atoms with Gasteiger partial charge in [0.1, 0.15) is 5.75 Å². The van der Waals surface area contributed by atoms with Gasteiger partial charge in [-0.25, -0.2) is 0 Å². The van der Waals surface area contributed by atoms with E-state index in [1.54, 1.807) is 7.11 Å². The van der Waals surface area contributed by atoms with Gasteiger partial charge in [0.05, 0.1) is 7.11 Å². The first-order chi connectivity index (χ1) is 8.17. The molecule has 1 aromatic rings. The number of likely N-dealkylation sites (tertiary alicyclic amines) is 1. The summed E-state index contributed by atoms with van der Waals surface area (Å²) in [6.07, 6.45) is 1.16. The molecule has 0 bridgehead atoms. The molecule has 1 fully saturated rings. The molecular weight excluding hydrogens is 280 g/mol. The minimum absolute atomic E-state index is 0.368. The lowest BCUT2D eigenvalue weighted by Crippen LogP contribution is -2.25. The van der Waals surface area contributed by atoms with Crippen LogP contribution in [0.4, 0.5) is 0 Å². The Bertz CT molecular complexity index is 397. The number of ether oxygens (including phenoxy) is 1. The number of hydrogen-bond acceptors (Lipinski definition) is 3. The summed E-state index contributed by atoms with van der Waals surface area (Å²) in [6.45, 7) is 1.83. The van der Waals surface area contributed by atoms with Crippen molar-refractivity contribution >= 4 is 15.9 Å². The standard InChI is InChI=1S/C13H19BrN2O/c1-16-6-5-9(8-15)13(16)11-7-10(14)3-4-12(11)17-2/h3-4,7,9,13H,5-6,8,15H2,1-2H3. The van der Waals surface area contributed by atoms with Crippen LogP contribution in [0.15, 0.2) is 22.7 Å². The van der Waals surface area contributed by atoms with Crippen LogP contribution in [0.25, 0.3) is 0 Å². The van der Waals surface area contributed by atoms with E-state index in [4.69, 9.17) is 10.5 Å². The Hall–Kier alpha value is -0.580. The highest BCUT2D eigenvalue weighted by atomic mass is 79.9. The predicted octanol–water partition coefficient (Wildman–Crippen LogP) is 2.41. The van der Waals surface area contributed by atoms with Gasteiger partial charge in [-0.15, -0.1) is 0 Å². The lowest BCUT2D eigenvalue weighted by atomic mass is 9.93. The maximum Gasteiger partial charge on any atom is 0.123 e. The highest BCUT2D eigenvalue weighted by Gasteiger charge is 2.33. The number of methoxy groups -OCH3 is 1. The number of nitrogens with two attached hydrogens (primary N) is 1. The van der Waals surface area contributed by atoms with Gasteiger partial charge in [0.25, 0.3) is 0 Å². The van der Waals surface area contributed by atoms with E-state index >= 15 is 0 Å². The minimum Gasteiger partial charge on any atom is -0.496 e. The third-order valence-electron chi connectivity index (χ3n) is 3.59. The molecule has 3 nitrogen and oxygen atoms in total. The topological polar surface area (TPSA) is 38.5 Å². The van der Waals surface area contributed by atoms with Crippen molar-refractivity contribution in [3.8, 4) is 5.75 Å². The van der Waals surface area contributed by atoms with Crippen molar-refractivity contribution in [2.45, 2.75) is 12.5 Å². The van der Waals surface area contributed by atoms with Crippen LogP contribution < -0.4 is 10.5 Å². The lowest BCUT2D eigenvalue weighted by Gasteiger charge is -2.26. The van der Waals surface area contributed by atoms with Gasteiger partial charge in [-0.05, 0) is 50.7 Å². The molecule has 0 saturated carbocycles. The van der Waals surface area contributed by atoms with Crippen LogP contribution in [0, 0.1) is 5.92 Å². The molecule has 1 heterocycles. The molecule has 1 aliphatic rings. The fourth-order valence-electron chi connectivity index (χ4n) is 2.70. The van der Waals surface area contributed by atoms with Crippen LogP contribution in [0.2, 0.25) is 0 Å². The molecule has 2 unspecified atom stereocenters. The largest absolute Gasteiger partial charge is 0.496 e. The summed E-state index contributed by atoms with van der Waals surface area (Å²) in [5.74, 6) is 1.47. The number of rotatable bonds is 3. The van der Waals surface area contributed by atoms with Crippen molar-refractivity contribution in [3.63, 3.8) is 0 Å². The van der Waals surface area contributed by atoms with Gasteiger partial charge >= 0.3 is 0 Å². The van der Waals surface area contributed by atoms with E-state index in [0.29, 0.717) is 12.0 Å².